The highest BCUT2D eigenvalue weighted by molar-refractivity contribution is 5.73. The number of carbonyl (C=O) groups excluding carboxylic acids is 1. The second-order valence-electron chi connectivity index (χ2n) is 2.98. The number of hydrogen-bond acceptors (Lipinski definition) is 7. The van der Waals surface area contributed by atoms with Gasteiger partial charge >= 0.3 is 6.03 Å². The Morgan fingerprint density at radius 3 is 2.31 bits per heavy atom. The molecule has 0 spiro atoms. The molecule has 9 nitrogen and oxygen atoms in total. The van der Waals surface area contributed by atoms with Gasteiger partial charge in [0.15, 0.2) is 0 Å². The lowest BCUT2D eigenvalue weighted by molar-refractivity contribution is -0.0999. The largest absolute Gasteiger partial charge is 0.394 e. The third-order valence-electron chi connectivity index (χ3n) is 1.68. The van der Waals surface area contributed by atoms with Crippen LogP contribution in [0.15, 0.2) is 5.10 Å². The van der Waals surface area contributed by atoms with E-state index in [2.05, 4.69) is 10.8 Å². The molecule has 0 radical (unpaired) electrons. The number of nitrogens with two attached hydrogens (primary N) is 1. The molecule has 2 amide bonds. The number of rotatable bonds is 6. The number of carbonyl (C=O) groups is 1. The molecule has 94 valence electrons. The lowest BCUT2D eigenvalue weighted by Crippen LogP contribution is -2.46. The van der Waals surface area contributed by atoms with Gasteiger partial charge in [-0.15, -0.1) is 0 Å². The van der Waals surface area contributed by atoms with E-state index in [9.17, 15) is 20.1 Å². The van der Waals surface area contributed by atoms with Crippen LogP contribution in [0.5, 0.6) is 0 Å². The average Bonchev–Trinajstić information content (AvgIpc) is 2.25. The first-order chi connectivity index (χ1) is 7.40. The maximum absolute atomic E-state index is 10.2. The summed E-state index contributed by atoms with van der Waals surface area (Å²) in [7, 11) is 0. The van der Waals surface area contributed by atoms with Crippen molar-refractivity contribution in [1.29, 1.82) is 0 Å². The van der Waals surface area contributed by atoms with Crippen LogP contribution in [-0.2, 0) is 0 Å². The quantitative estimate of drug-likeness (QED) is 0.184. The zero-order chi connectivity index (χ0) is 12.7. The monoisotopic (exact) mass is 237 g/mol. The fourth-order valence-electron chi connectivity index (χ4n) is 0.803. The Bertz CT molecular complexity index is 248. The van der Waals surface area contributed by atoms with Crippen molar-refractivity contribution in [1.82, 2.24) is 5.43 Å². The van der Waals surface area contributed by atoms with Gasteiger partial charge in [0.25, 0.3) is 0 Å². The number of amides is 2. The predicted molar refractivity (Wildman–Crippen MR) is 52.3 cm³/mol. The van der Waals surface area contributed by atoms with Crippen molar-refractivity contribution < 1.29 is 30.3 Å². The van der Waals surface area contributed by atoms with Crippen LogP contribution in [0.3, 0.4) is 0 Å². The van der Waals surface area contributed by atoms with Gasteiger partial charge in [-0.05, 0) is 0 Å². The molecule has 0 heterocycles. The molecule has 0 aliphatic rings. The van der Waals surface area contributed by atoms with Crippen LogP contribution in [0.1, 0.15) is 0 Å². The molecule has 16 heavy (non-hydrogen) atoms. The van der Waals surface area contributed by atoms with Gasteiger partial charge in [0.1, 0.15) is 24.4 Å². The summed E-state index contributed by atoms with van der Waals surface area (Å²) in [5.74, 6) is 0. The summed E-state index contributed by atoms with van der Waals surface area (Å²) in [6, 6.07) is -0.964. The maximum Gasteiger partial charge on any atom is 0.332 e. The minimum absolute atomic E-state index is 0.711. The third-order valence-corrected chi connectivity index (χ3v) is 1.68. The Morgan fingerprint density at radius 2 is 1.88 bits per heavy atom. The van der Waals surface area contributed by atoms with E-state index in [0.717, 1.165) is 0 Å². The number of aliphatic hydroxyl groups is 5. The highest BCUT2D eigenvalue weighted by Crippen LogP contribution is 2.03. The molecule has 0 unspecified atom stereocenters. The smallest absolute Gasteiger partial charge is 0.332 e. The lowest BCUT2D eigenvalue weighted by atomic mass is 10.0. The number of aliphatic hydroxyl groups excluding tert-OH is 5. The molecule has 0 aromatic rings. The van der Waals surface area contributed by atoms with Gasteiger partial charge < -0.3 is 31.3 Å². The number of nitrogens with zero attached hydrogens (tertiary/aromatic N) is 1. The number of hydrogen-bond donors (Lipinski definition) is 7. The van der Waals surface area contributed by atoms with Crippen molar-refractivity contribution in [2.24, 2.45) is 10.8 Å². The van der Waals surface area contributed by atoms with Gasteiger partial charge in [-0.1, -0.05) is 0 Å². The van der Waals surface area contributed by atoms with Gasteiger partial charge in [-0.25, -0.2) is 10.2 Å². The molecule has 0 aliphatic heterocycles. The summed E-state index contributed by atoms with van der Waals surface area (Å²) in [5, 5.41) is 48.2. The fraction of sp³-hybridized carbons (Fsp3) is 0.714. The van der Waals surface area contributed by atoms with E-state index in [-0.39, 0.29) is 0 Å². The topological polar surface area (TPSA) is 169 Å². The van der Waals surface area contributed by atoms with Crippen LogP contribution in [0, 0.1) is 0 Å². The van der Waals surface area contributed by atoms with E-state index in [1.54, 1.807) is 5.43 Å². The van der Waals surface area contributed by atoms with E-state index in [1.165, 1.54) is 0 Å². The Hall–Kier alpha value is -1.26. The van der Waals surface area contributed by atoms with Crippen LogP contribution in [0.2, 0.25) is 0 Å². The average molecular weight is 237 g/mol. The number of hydrazone groups is 1. The first-order valence-corrected chi connectivity index (χ1v) is 4.32. The molecule has 0 aromatic carbocycles. The SMILES string of the molecule is NC(=O)NN=C[C@H](O)[C@@H](O)[C@@H](O)[C@H](O)CO. The summed E-state index contributed by atoms with van der Waals surface area (Å²) in [6.07, 6.45) is -6.03. The molecule has 9 heteroatoms. The van der Waals surface area contributed by atoms with Crippen molar-refractivity contribution in [2.45, 2.75) is 24.4 Å². The van der Waals surface area contributed by atoms with Gasteiger partial charge in [-0.2, -0.15) is 5.10 Å². The van der Waals surface area contributed by atoms with Gasteiger partial charge in [0, 0.05) is 0 Å². The van der Waals surface area contributed by atoms with E-state index in [0.29, 0.717) is 6.21 Å². The first kappa shape index (κ1) is 14.7. The molecule has 0 aliphatic carbocycles. The number of primary amides is 1. The molecule has 0 bridgehead atoms. The van der Waals surface area contributed by atoms with Crippen molar-refractivity contribution in [2.75, 3.05) is 6.61 Å². The predicted octanol–water partition coefficient (Wildman–Crippen LogP) is -3.92. The van der Waals surface area contributed by atoms with E-state index in [4.69, 9.17) is 10.2 Å². The summed E-state index contributed by atoms with van der Waals surface area (Å²) in [5.41, 5.74) is 6.41. The third kappa shape index (κ3) is 5.00. The van der Waals surface area contributed by atoms with Crippen LogP contribution in [0.25, 0.3) is 0 Å². The van der Waals surface area contributed by atoms with Crippen molar-refractivity contribution in [3.63, 3.8) is 0 Å². The molecule has 0 aromatic heterocycles. The zero-order valence-electron chi connectivity index (χ0n) is 8.26. The Labute approximate surface area is 90.8 Å². The van der Waals surface area contributed by atoms with Crippen molar-refractivity contribution in [3.05, 3.63) is 0 Å². The highest BCUT2D eigenvalue weighted by Gasteiger charge is 2.29. The van der Waals surface area contributed by atoms with E-state index >= 15 is 0 Å². The minimum Gasteiger partial charge on any atom is -0.394 e. The Balaban J connectivity index is 4.21. The Kier molecular flexibility index (Phi) is 6.53. The molecule has 4 atom stereocenters. The number of nitrogens with one attached hydrogen (secondary N) is 1. The van der Waals surface area contributed by atoms with Crippen LogP contribution in [-0.4, -0.2) is 68.8 Å². The Morgan fingerprint density at radius 1 is 1.31 bits per heavy atom. The van der Waals surface area contributed by atoms with Crippen LogP contribution in [0.4, 0.5) is 4.79 Å². The summed E-state index contributed by atoms with van der Waals surface area (Å²) in [6.45, 7) is -0.776. The summed E-state index contributed by atoms with van der Waals surface area (Å²) >= 11 is 0. The molecule has 0 rings (SSSR count). The lowest BCUT2D eigenvalue weighted by Gasteiger charge is -2.23. The second kappa shape index (κ2) is 7.09. The molecule has 0 saturated carbocycles. The normalized spacial score (nSPS) is 19.1. The van der Waals surface area contributed by atoms with Crippen LogP contribution >= 0.6 is 0 Å². The van der Waals surface area contributed by atoms with Crippen molar-refractivity contribution >= 4 is 12.2 Å². The van der Waals surface area contributed by atoms with E-state index < -0.39 is 37.1 Å². The van der Waals surface area contributed by atoms with Gasteiger partial charge in [0.2, 0.25) is 0 Å². The minimum atomic E-state index is -1.76. The first-order valence-electron chi connectivity index (χ1n) is 4.32. The molecule has 8 N–H and O–H groups in total. The molecular weight excluding hydrogens is 222 g/mol. The molecule has 0 saturated heterocycles. The van der Waals surface area contributed by atoms with Crippen LogP contribution < -0.4 is 11.2 Å². The standard InChI is InChI=1S/C7H15N3O6/c8-7(16)10-9-1-3(12)5(14)6(15)4(13)2-11/h1,3-6,11-15H,2H2,(H3,8,10,16)/t3-,4+,5+,6-/m0/s1. The molecule has 0 fully saturated rings. The highest BCUT2D eigenvalue weighted by atomic mass is 16.4. The maximum atomic E-state index is 10.2. The summed E-state index contributed by atoms with van der Waals surface area (Å²) in [4.78, 5) is 10.2. The van der Waals surface area contributed by atoms with Crippen molar-refractivity contribution in [3.8, 4) is 0 Å². The van der Waals surface area contributed by atoms with Gasteiger partial charge in [0.05, 0.1) is 12.8 Å². The van der Waals surface area contributed by atoms with E-state index in [1.807, 2.05) is 0 Å². The van der Waals surface area contributed by atoms with Gasteiger partial charge in [-0.3, -0.25) is 0 Å². The second-order valence-corrected chi connectivity index (χ2v) is 2.98. The fourth-order valence-corrected chi connectivity index (χ4v) is 0.803. The molecular formula is C7H15N3O6. The summed E-state index contributed by atoms with van der Waals surface area (Å²) < 4.78 is 0. The number of urea groups is 1. The zero-order valence-corrected chi connectivity index (χ0v) is 8.26.